The van der Waals surface area contributed by atoms with Gasteiger partial charge in [-0.2, -0.15) is 0 Å². The monoisotopic (exact) mass is 1950 g/mol. The minimum absolute atomic E-state index is 0.0364. The van der Waals surface area contributed by atoms with E-state index < -0.39 is 326 Å². The van der Waals surface area contributed by atoms with Crippen LogP contribution in [0.4, 0.5) is 0 Å². The third kappa shape index (κ3) is 43.7. The largest absolute Gasteiger partial charge is 0.481 e. The average Bonchev–Trinajstić information content (AvgIpc) is 0.847. The zero-order valence-electron chi connectivity index (χ0n) is 79.5. The topological polar surface area (TPSA) is 820 Å². The summed E-state index contributed by atoms with van der Waals surface area (Å²) in [5, 5.41) is 73.4. The number of nitrogens with two attached hydrogens (primary N) is 4. The molecule has 0 aliphatic heterocycles. The molecule has 19 atom stereocenters. The molecule has 0 spiro atoms. The molecule has 0 radical (unpaired) electrons. The van der Waals surface area contributed by atoms with E-state index in [2.05, 4.69) is 101 Å². The molecule has 764 valence electrons. The van der Waals surface area contributed by atoms with Crippen molar-refractivity contribution in [2.45, 2.75) is 271 Å². The molecular weight excluding hydrogens is 1820 g/mol. The minimum Gasteiger partial charge on any atom is -0.481 e. The van der Waals surface area contributed by atoms with Gasteiger partial charge >= 0.3 is 17.9 Å². The number of hydrogen-bond acceptors (Lipinski definition) is 26. The summed E-state index contributed by atoms with van der Waals surface area (Å²) in [6, 6.07) is -10.7. The van der Waals surface area contributed by atoms with Gasteiger partial charge in [-0.3, -0.25) is 115 Å². The molecule has 2 aromatic rings. The number of carboxylic acid groups (broad SMARTS) is 3. The first kappa shape index (κ1) is 119. The molecule has 51 nitrogen and oxygen atoms in total. The van der Waals surface area contributed by atoms with Crippen LogP contribution in [0.15, 0.2) is 60.7 Å². The molecule has 138 heavy (non-hydrogen) atoms. The first-order valence-corrected chi connectivity index (χ1v) is 44.4. The summed E-state index contributed by atoms with van der Waals surface area (Å²) >= 11 is 0. The Morgan fingerprint density at radius 1 is 0.275 bits per heavy atom. The van der Waals surface area contributed by atoms with E-state index in [4.69, 9.17) is 22.9 Å². The minimum atomic E-state index is -2.01. The molecule has 2 rings (SSSR count). The third-order valence-corrected chi connectivity index (χ3v) is 21.2. The van der Waals surface area contributed by atoms with E-state index in [1.165, 1.54) is 60.6 Å². The summed E-state index contributed by atoms with van der Waals surface area (Å²) in [6.07, 6.45) is -4.43. The molecular formula is C87H133N23O28. The molecule has 0 aromatic heterocycles. The van der Waals surface area contributed by atoms with Crippen molar-refractivity contribution in [3.63, 3.8) is 0 Å². The second-order valence-electron chi connectivity index (χ2n) is 34.3. The normalized spacial score (nSPS) is 15.2. The van der Waals surface area contributed by atoms with Crippen molar-refractivity contribution < 1.29 is 135 Å². The quantitative estimate of drug-likeness (QED) is 0.0292. The molecule has 0 fully saturated rings. The molecule has 0 aliphatic rings. The van der Waals surface area contributed by atoms with Crippen molar-refractivity contribution in [3.05, 3.63) is 71.8 Å². The Morgan fingerprint density at radius 2 is 0.536 bits per heavy atom. The van der Waals surface area contributed by atoms with Gasteiger partial charge in [0.15, 0.2) is 0 Å². The van der Waals surface area contributed by atoms with Crippen LogP contribution in [0, 0.1) is 29.6 Å². The first-order valence-electron chi connectivity index (χ1n) is 44.4. The van der Waals surface area contributed by atoms with Crippen molar-refractivity contribution in [2.24, 2.45) is 52.5 Å². The van der Waals surface area contributed by atoms with E-state index in [-0.39, 0.29) is 38.0 Å². The second kappa shape index (κ2) is 59.1. The number of carbonyl (C=O) groups excluding carboxylic acids is 22. The maximum absolute atomic E-state index is 14.6. The number of nitrogens with one attached hydrogen (secondary N) is 19. The molecule has 22 amide bonds. The zero-order valence-corrected chi connectivity index (χ0v) is 79.5. The summed E-state index contributed by atoms with van der Waals surface area (Å²) < 4.78 is 0. The highest BCUT2D eigenvalue weighted by atomic mass is 16.4. The Balaban J connectivity index is 2.27. The Hall–Kier alpha value is -14.8. The fourth-order valence-corrected chi connectivity index (χ4v) is 12.8. The first-order chi connectivity index (χ1) is 64.4. The standard InChI is InChI=1S/C87H133N23O28/c1-16-42(9)69(86(136)106-58(87(137)138)33-61(91)113)109-81(131)55(32-60(90)112)102-72(122)45(12)95-71(121)44(11)97-78(128)52(29-49-24-20-18-21-25-49)105-85(135)70(43(10)17-2)110-84(134)68(41(7)8)107-75(125)48(15)99-83(133)67(40(5)6)108-82(132)57(35-66(119)120)104-80(130)53(30-50-26-22-19-23-27-50)101-74(124)47(14)98-79(129)54(31-59(89)111)100-64(116)38-93-62(114)36-92-63(115)37-94-77(127)56(34-65(117)118)103-73(123)46(13)96-76(126)51(88)28-39(3)4/h18-27,39-48,51-58,67-70H,16-17,28-38,88H2,1-15H3,(H2,89,111)(H2,90,112)(H2,91,113)(H,92,115)(H,93,114)(H,94,127)(H,95,121)(H,96,126)(H,97,128)(H,98,129)(H,99,133)(H,100,116)(H,101,124)(H,102,122)(H,103,123)(H,104,130)(H,105,135)(H,106,136)(H,107,125)(H,108,132)(H,109,131)(H,110,134)(H,117,118)(H,119,120)(H,137,138)/t42-,43-,44-,45-,46-,47-,48-,51-,52-,53-,54-,55-,56-,57-,58-,67-,68-,69-,70-/m0/s1. The number of carbonyl (C=O) groups is 25. The summed E-state index contributed by atoms with van der Waals surface area (Å²) in [7, 11) is 0. The van der Waals surface area contributed by atoms with Gasteiger partial charge in [0.2, 0.25) is 130 Å². The van der Waals surface area contributed by atoms with Gasteiger partial charge in [-0.15, -0.1) is 0 Å². The molecule has 0 saturated carbocycles. The van der Waals surface area contributed by atoms with Gasteiger partial charge in [0.25, 0.3) is 0 Å². The highest BCUT2D eigenvalue weighted by Crippen LogP contribution is 2.17. The zero-order chi connectivity index (χ0) is 105. The number of rotatable bonds is 61. The third-order valence-electron chi connectivity index (χ3n) is 21.2. The molecule has 0 heterocycles. The number of primary amides is 3. The number of aliphatic carboxylic acids is 3. The average molecular weight is 1950 g/mol. The van der Waals surface area contributed by atoms with Crippen molar-refractivity contribution in [3.8, 4) is 0 Å². The van der Waals surface area contributed by atoms with Crippen LogP contribution in [0.3, 0.4) is 0 Å². The number of carboxylic acids is 3. The maximum atomic E-state index is 14.6. The Kier molecular flexibility index (Phi) is 51.1. The van der Waals surface area contributed by atoms with Gasteiger partial charge in [0.05, 0.1) is 57.8 Å². The molecule has 0 unspecified atom stereocenters. The van der Waals surface area contributed by atoms with E-state index in [9.17, 15) is 135 Å². The Bertz CT molecular complexity index is 4680. The summed E-state index contributed by atoms with van der Waals surface area (Å²) in [4.78, 5) is 331. The highest BCUT2D eigenvalue weighted by molar-refractivity contribution is 6.03. The van der Waals surface area contributed by atoms with Crippen molar-refractivity contribution in [2.75, 3.05) is 19.6 Å². The highest BCUT2D eigenvalue weighted by Gasteiger charge is 2.41. The maximum Gasteiger partial charge on any atom is 0.326 e. The van der Waals surface area contributed by atoms with Gasteiger partial charge in [0, 0.05) is 12.8 Å². The van der Waals surface area contributed by atoms with E-state index in [0.29, 0.717) is 11.1 Å². The molecule has 30 N–H and O–H groups in total. The van der Waals surface area contributed by atoms with E-state index in [1.54, 1.807) is 83.1 Å². The molecule has 51 heteroatoms. The predicted octanol–water partition coefficient (Wildman–Crippen LogP) is -8.89. The smallest absolute Gasteiger partial charge is 0.326 e. The van der Waals surface area contributed by atoms with Gasteiger partial charge in [-0.1, -0.05) is 143 Å². The van der Waals surface area contributed by atoms with Crippen LogP contribution in [0.5, 0.6) is 0 Å². The fourth-order valence-electron chi connectivity index (χ4n) is 12.8. The number of amides is 22. The summed E-state index contributed by atoms with van der Waals surface area (Å²) in [5.74, 6) is -30.8. The van der Waals surface area contributed by atoms with Crippen LogP contribution in [0.1, 0.15) is 166 Å². The lowest BCUT2D eigenvalue weighted by molar-refractivity contribution is -0.144. The van der Waals surface area contributed by atoms with Crippen molar-refractivity contribution >= 4 is 148 Å². The van der Waals surface area contributed by atoms with Crippen LogP contribution in [-0.2, 0) is 133 Å². The summed E-state index contributed by atoms with van der Waals surface area (Å²) in [6.45, 7) is 19.5. The second-order valence-corrected chi connectivity index (χ2v) is 34.3. The fraction of sp³-hybridized carbons (Fsp3) is 0.575. The van der Waals surface area contributed by atoms with Gasteiger partial charge in [-0.05, 0) is 81.8 Å². The molecule has 0 saturated heterocycles. The van der Waals surface area contributed by atoms with E-state index in [1.807, 2.05) is 13.8 Å². The Morgan fingerprint density at radius 3 is 0.920 bits per heavy atom. The van der Waals surface area contributed by atoms with Crippen molar-refractivity contribution in [1.82, 2.24) is 101 Å². The van der Waals surface area contributed by atoms with Gasteiger partial charge in [0.1, 0.15) is 96.7 Å². The van der Waals surface area contributed by atoms with E-state index in [0.717, 1.165) is 6.92 Å². The van der Waals surface area contributed by atoms with Crippen LogP contribution in [0.25, 0.3) is 0 Å². The molecule has 0 aliphatic carbocycles. The Labute approximate surface area is 795 Å². The van der Waals surface area contributed by atoms with Crippen LogP contribution < -0.4 is 124 Å². The lowest BCUT2D eigenvalue weighted by Gasteiger charge is -2.30. The van der Waals surface area contributed by atoms with Crippen molar-refractivity contribution in [1.29, 1.82) is 0 Å². The van der Waals surface area contributed by atoms with Crippen LogP contribution in [-0.4, -0.2) is 286 Å². The SMILES string of the molecule is CC[C@H](C)[C@H](NC(=O)[C@H](CC(N)=O)NC(=O)[C@H](C)NC(=O)[C@H](C)NC(=O)[C@H](Cc1ccccc1)NC(=O)[C@@H](NC(=O)[C@@H](NC(=O)[C@H](C)NC(=O)[C@@H](NC(=O)[C@H](CC(=O)O)NC(=O)[C@H](Cc1ccccc1)NC(=O)[C@H](C)NC(=O)[C@H](CC(N)=O)NC(=O)CNC(=O)CNC(=O)CNC(=O)[C@H](CC(=O)O)NC(=O)[C@H](C)NC(=O)[C@@H](N)CC(C)C)C(C)C)C(C)C)[C@@H](C)CC)C(=O)N[C@@H](CC(N)=O)C(=O)O. The van der Waals surface area contributed by atoms with Crippen LogP contribution in [0.2, 0.25) is 0 Å². The number of hydrogen-bond donors (Lipinski definition) is 26. The lowest BCUT2D eigenvalue weighted by Crippen LogP contribution is -2.62. The van der Waals surface area contributed by atoms with Crippen LogP contribution >= 0.6 is 0 Å². The molecule has 0 bridgehead atoms. The lowest BCUT2D eigenvalue weighted by atomic mass is 9.95. The number of benzene rings is 2. The van der Waals surface area contributed by atoms with E-state index >= 15 is 0 Å². The predicted molar refractivity (Wildman–Crippen MR) is 488 cm³/mol. The molecule has 2 aromatic carbocycles. The summed E-state index contributed by atoms with van der Waals surface area (Å²) in [5.41, 5.74) is 22.7. The van der Waals surface area contributed by atoms with Gasteiger partial charge in [-0.25, -0.2) is 4.79 Å². The van der Waals surface area contributed by atoms with Gasteiger partial charge < -0.3 is 139 Å².